The summed E-state index contributed by atoms with van der Waals surface area (Å²) in [5.74, 6) is 0.157. The van der Waals surface area contributed by atoms with Crippen LogP contribution in [-0.4, -0.2) is 41.4 Å². The Hall–Kier alpha value is -1.89. The predicted molar refractivity (Wildman–Crippen MR) is 92.6 cm³/mol. The summed E-state index contributed by atoms with van der Waals surface area (Å²) < 4.78 is 6.40. The molecule has 1 aliphatic heterocycles. The van der Waals surface area contributed by atoms with Crippen molar-refractivity contribution in [1.82, 2.24) is 9.97 Å². The highest BCUT2D eigenvalue weighted by Crippen LogP contribution is 2.34. The number of anilines is 1. The molecule has 2 aromatic heterocycles. The lowest BCUT2D eigenvalue weighted by Gasteiger charge is -2.25. The normalized spacial score (nSPS) is 15.3. The number of pyridine rings is 1. The first kappa shape index (κ1) is 14.7. The van der Waals surface area contributed by atoms with Crippen LogP contribution in [0.4, 0.5) is 5.13 Å². The maximum absolute atomic E-state index is 10.0. The summed E-state index contributed by atoms with van der Waals surface area (Å²) in [6.45, 7) is 3.15. The minimum atomic E-state index is 0.157. The van der Waals surface area contributed by atoms with E-state index in [0.717, 1.165) is 36.1 Å². The van der Waals surface area contributed by atoms with Gasteiger partial charge in [-0.25, -0.2) is 4.98 Å². The second-order valence-corrected chi connectivity index (χ2v) is 6.72. The van der Waals surface area contributed by atoms with Crippen LogP contribution in [0.1, 0.15) is 0 Å². The van der Waals surface area contributed by atoms with Gasteiger partial charge in [0.25, 0.3) is 0 Å². The molecule has 1 saturated heterocycles. The lowest BCUT2D eigenvalue weighted by Crippen LogP contribution is -2.36. The van der Waals surface area contributed by atoms with Crippen molar-refractivity contribution in [2.45, 2.75) is 0 Å². The second kappa shape index (κ2) is 5.96. The quantitative estimate of drug-likeness (QED) is 0.768. The molecule has 0 aliphatic carbocycles. The van der Waals surface area contributed by atoms with Crippen molar-refractivity contribution in [3.05, 3.63) is 35.4 Å². The molecule has 1 aliphatic rings. The van der Waals surface area contributed by atoms with E-state index >= 15 is 0 Å². The fraction of sp³-hybridized carbons (Fsp3) is 0.250. The maximum Gasteiger partial charge on any atom is 0.188 e. The van der Waals surface area contributed by atoms with Gasteiger partial charge in [-0.1, -0.05) is 22.9 Å². The molecule has 7 heteroatoms. The van der Waals surface area contributed by atoms with E-state index in [4.69, 9.17) is 16.3 Å². The van der Waals surface area contributed by atoms with Crippen molar-refractivity contribution in [2.24, 2.45) is 0 Å². The number of aromatic hydroxyl groups is 1. The number of halogens is 1. The first-order chi connectivity index (χ1) is 11.2. The molecule has 23 heavy (non-hydrogen) atoms. The van der Waals surface area contributed by atoms with E-state index in [-0.39, 0.29) is 5.75 Å². The van der Waals surface area contributed by atoms with E-state index in [1.807, 2.05) is 12.1 Å². The summed E-state index contributed by atoms with van der Waals surface area (Å²) in [7, 11) is 0. The van der Waals surface area contributed by atoms with Crippen LogP contribution in [0.2, 0.25) is 5.02 Å². The summed E-state index contributed by atoms with van der Waals surface area (Å²) in [6.07, 6.45) is 0. The van der Waals surface area contributed by atoms with Gasteiger partial charge in [0, 0.05) is 23.7 Å². The van der Waals surface area contributed by atoms with Crippen molar-refractivity contribution in [3.8, 4) is 17.0 Å². The molecule has 1 fully saturated rings. The zero-order valence-electron chi connectivity index (χ0n) is 12.2. The lowest BCUT2D eigenvalue weighted by atomic mass is 10.1. The number of morpholine rings is 1. The van der Waals surface area contributed by atoms with E-state index < -0.39 is 0 Å². The van der Waals surface area contributed by atoms with Crippen LogP contribution in [0.5, 0.6) is 5.75 Å². The zero-order valence-corrected chi connectivity index (χ0v) is 13.8. The average molecular weight is 348 g/mol. The fourth-order valence-electron chi connectivity index (χ4n) is 2.56. The van der Waals surface area contributed by atoms with Gasteiger partial charge in [0.2, 0.25) is 0 Å². The first-order valence-electron chi connectivity index (χ1n) is 7.30. The monoisotopic (exact) mass is 347 g/mol. The zero-order chi connectivity index (χ0) is 15.8. The van der Waals surface area contributed by atoms with Crippen LogP contribution in [0.15, 0.2) is 30.3 Å². The molecule has 0 amide bonds. The van der Waals surface area contributed by atoms with Crippen molar-refractivity contribution in [3.63, 3.8) is 0 Å². The van der Waals surface area contributed by atoms with Gasteiger partial charge in [-0.15, -0.1) is 0 Å². The molecule has 118 valence electrons. The maximum atomic E-state index is 10.0. The Morgan fingerprint density at radius 3 is 2.78 bits per heavy atom. The Kier molecular flexibility index (Phi) is 3.80. The van der Waals surface area contributed by atoms with Crippen molar-refractivity contribution >= 4 is 38.4 Å². The molecule has 0 spiro atoms. The number of aromatic nitrogens is 2. The molecule has 0 bridgehead atoms. The van der Waals surface area contributed by atoms with Gasteiger partial charge in [0.1, 0.15) is 5.75 Å². The van der Waals surface area contributed by atoms with E-state index in [0.29, 0.717) is 21.9 Å². The van der Waals surface area contributed by atoms with Crippen LogP contribution in [0, 0.1) is 0 Å². The summed E-state index contributed by atoms with van der Waals surface area (Å²) in [5, 5.41) is 11.6. The molecule has 5 nitrogen and oxygen atoms in total. The minimum absolute atomic E-state index is 0.157. The highest BCUT2D eigenvalue weighted by Gasteiger charge is 2.16. The van der Waals surface area contributed by atoms with Gasteiger partial charge in [0.15, 0.2) is 10.8 Å². The second-order valence-electron chi connectivity index (χ2n) is 5.28. The first-order valence-corrected chi connectivity index (χ1v) is 8.49. The number of nitrogens with zero attached hydrogens (tertiary/aromatic N) is 3. The number of ether oxygens (including phenoxy) is 1. The molecule has 0 unspecified atom stereocenters. The number of phenolic OH excluding ortho intramolecular Hbond substituents is 1. The van der Waals surface area contributed by atoms with E-state index in [1.54, 1.807) is 29.5 Å². The van der Waals surface area contributed by atoms with Crippen LogP contribution in [0.25, 0.3) is 21.6 Å². The SMILES string of the molecule is Oc1ccc(Cl)cc1-c1ccc2sc(N3CCOCC3)nc2n1. The van der Waals surface area contributed by atoms with E-state index in [1.165, 1.54) is 0 Å². The molecule has 1 aromatic carbocycles. The van der Waals surface area contributed by atoms with Gasteiger partial charge in [-0.3, -0.25) is 0 Å². The van der Waals surface area contributed by atoms with Gasteiger partial charge >= 0.3 is 0 Å². The molecule has 4 rings (SSSR count). The standard InChI is InChI=1S/C16H14ClN3O2S/c17-10-1-3-13(21)11(9-10)12-2-4-14-15(18-12)19-16(23-14)20-5-7-22-8-6-20/h1-4,9,21H,5-8H2. The Morgan fingerprint density at radius 1 is 1.13 bits per heavy atom. The summed E-state index contributed by atoms with van der Waals surface area (Å²) in [6, 6.07) is 8.80. The van der Waals surface area contributed by atoms with Crippen LogP contribution in [-0.2, 0) is 4.74 Å². The molecular weight excluding hydrogens is 334 g/mol. The molecule has 0 saturated carbocycles. The summed E-state index contributed by atoms with van der Waals surface area (Å²) in [4.78, 5) is 11.4. The van der Waals surface area contributed by atoms with E-state index in [9.17, 15) is 5.11 Å². The van der Waals surface area contributed by atoms with Gasteiger partial charge in [0.05, 0.1) is 23.6 Å². The lowest BCUT2D eigenvalue weighted by molar-refractivity contribution is 0.122. The Labute approximate surface area is 142 Å². The van der Waals surface area contributed by atoms with Gasteiger partial charge < -0.3 is 14.7 Å². The summed E-state index contributed by atoms with van der Waals surface area (Å²) >= 11 is 7.64. The Balaban J connectivity index is 1.74. The number of phenols is 1. The largest absolute Gasteiger partial charge is 0.507 e. The van der Waals surface area contributed by atoms with Gasteiger partial charge in [-0.05, 0) is 30.3 Å². The van der Waals surface area contributed by atoms with Crippen molar-refractivity contribution in [2.75, 3.05) is 31.2 Å². The molecular formula is C16H14ClN3O2S. The highest BCUT2D eigenvalue weighted by atomic mass is 35.5. The van der Waals surface area contributed by atoms with Crippen molar-refractivity contribution in [1.29, 1.82) is 0 Å². The van der Waals surface area contributed by atoms with Crippen LogP contribution < -0.4 is 4.90 Å². The Morgan fingerprint density at radius 2 is 1.96 bits per heavy atom. The third-order valence-corrected chi connectivity index (χ3v) is 5.06. The third kappa shape index (κ3) is 2.85. The topological polar surface area (TPSA) is 58.5 Å². The molecule has 3 heterocycles. The molecule has 3 aromatic rings. The van der Waals surface area contributed by atoms with E-state index in [2.05, 4.69) is 14.9 Å². The third-order valence-electron chi connectivity index (χ3n) is 3.76. The summed E-state index contributed by atoms with van der Waals surface area (Å²) in [5.41, 5.74) is 1.96. The smallest absolute Gasteiger partial charge is 0.188 e. The highest BCUT2D eigenvalue weighted by molar-refractivity contribution is 7.22. The predicted octanol–water partition coefficient (Wildman–Crippen LogP) is 3.55. The minimum Gasteiger partial charge on any atom is -0.507 e. The van der Waals surface area contributed by atoms with Crippen molar-refractivity contribution < 1.29 is 9.84 Å². The number of hydrogen-bond acceptors (Lipinski definition) is 6. The average Bonchev–Trinajstić information content (AvgIpc) is 3.01. The van der Waals surface area contributed by atoms with Crippen LogP contribution >= 0.6 is 22.9 Å². The number of fused-ring (bicyclic) bond motifs is 1. The fourth-order valence-corrected chi connectivity index (χ4v) is 3.69. The number of benzene rings is 1. The Bertz CT molecular complexity index is 862. The molecule has 0 atom stereocenters. The number of hydrogen-bond donors (Lipinski definition) is 1. The molecule has 0 radical (unpaired) electrons. The van der Waals surface area contributed by atoms with Crippen LogP contribution in [0.3, 0.4) is 0 Å². The molecule has 1 N–H and O–H groups in total. The van der Waals surface area contributed by atoms with Gasteiger partial charge in [-0.2, -0.15) is 4.98 Å². The number of thiazole rings is 1. The number of rotatable bonds is 2.